The highest BCUT2D eigenvalue weighted by atomic mass is 16.4. The average molecular weight is 221 g/mol. The third-order valence-electron chi connectivity index (χ3n) is 2.14. The SMILES string of the molecule is C=C(CNCc1cccc(CO)c1)C(=O)O. The molecule has 0 aliphatic carbocycles. The first-order valence-electron chi connectivity index (χ1n) is 4.94. The molecule has 0 spiro atoms. The second kappa shape index (κ2) is 6.05. The van der Waals surface area contributed by atoms with Crippen LogP contribution in [0.1, 0.15) is 11.1 Å². The van der Waals surface area contributed by atoms with Crippen molar-refractivity contribution in [2.45, 2.75) is 13.2 Å². The number of carbonyl (C=O) groups is 1. The van der Waals surface area contributed by atoms with Gasteiger partial charge in [-0.2, -0.15) is 0 Å². The Morgan fingerprint density at radius 3 is 2.69 bits per heavy atom. The average Bonchev–Trinajstić information content (AvgIpc) is 2.29. The fourth-order valence-electron chi connectivity index (χ4n) is 1.27. The van der Waals surface area contributed by atoms with Crippen LogP contribution in [0.3, 0.4) is 0 Å². The van der Waals surface area contributed by atoms with Gasteiger partial charge in [-0.3, -0.25) is 0 Å². The van der Waals surface area contributed by atoms with Gasteiger partial charge in [0.25, 0.3) is 0 Å². The van der Waals surface area contributed by atoms with E-state index in [9.17, 15) is 4.79 Å². The summed E-state index contributed by atoms with van der Waals surface area (Å²) in [5, 5.41) is 20.5. The first kappa shape index (κ1) is 12.4. The maximum atomic E-state index is 10.5. The van der Waals surface area contributed by atoms with Crippen LogP contribution in [0.2, 0.25) is 0 Å². The Morgan fingerprint density at radius 2 is 2.06 bits per heavy atom. The Balaban J connectivity index is 2.42. The lowest BCUT2D eigenvalue weighted by molar-refractivity contribution is -0.132. The predicted octanol–water partition coefficient (Wildman–Crippen LogP) is 0.909. The summed E-state index contributed by atoms with van der Waals surface area (Å²) >= 11 is 0. The zero-order valence-corrected chi connectivity index (χ0v) is 8.94. The molecule has 0 heterocycles. The van der Waals surface area contributed by atoms with Crippen LogP contribution in [0, 0.1) is 0 Å². The van der Waals surface area contributed by atoms with Crippen LogP contribution in [-0.2, 0) is 17.9 Å². The third-order valence-corrected chi connectivity index (χ3v) is 2.14. The molecule has 0 fully saturated rings. The molecular formula is C12H15NO3. The van der Waals surface area contributed by atoms with E-state index in [1.54, 1.807) is 0 Å². The lowest BCUT2D eigenvalue weighted by atomic mass is 10.1. The fraction of sp³-hybridized carbons (Fsp3) is 0.250. The number of carboxylic acids is 1. The normalized spacial score (nSPS) is 10.1. The first-order chi connectivity index (χ1) is 7.63. The van der Waals surface area contributed by atoms with Crippen LogP contribution in [0.5, 0.6) is 0 Å². The molecular weight excluding hydrogens is 206 g/mol. The lowest BCUT2D eigenvalue weighted by Gasteiger charge is -2.05. The van der Waals surface area contributed by atoms with Crippen LogP contribution < -0.4 is 5.32 Å². The molecule has 0 aromatic heterocycles. The summed E-state index contributed by atoms with van der Waals surface area (Å²) in [4.78, 5) is 10.5. The van der Waals surface area contributed by atoms with Crippen molar-refractivity contribution in [3.8, 4) is 0 Å². The lowest BCUT2D eigenvalue weighted by Crippen LogP contribution is -2.19. The molecule has 86 valence electrons. The fourth-order valence-corrected chi connectivity index (χ4v) is 1.27. The summed E-state index contributed by atoms with van der Waals surface area (Å²) in [6.45, 7) is 4.23. The van der Waals surface area contributed by atoms with Crippen LogP contribution in [0.4, 0.5) is 0 Å². The Labute approximate surface area is 94.2 Å². The molecule has 0 bridgehead atoms. The minimum Gasteiger partial charge on any atom is -0.478 e. The molecule has 0 saturated carbocycles. The summed E-state index contributed by atoms with van der Waals surface area (Å²) in [7, 11) is 0. The number of aliphatic hydroxyl groups excluding tert-OH is 1. The van der Waals surface area contributed by atoms with Gasteiger partial charge in [-0.15, -0.1) is 0 Å². The topological polar surface area (TPSA) is 69.6 Å². The second-order valence-corrected chi connectivity index (χ2v) is 3.49. The highest BCUT2D eigenvalue weighted by molar-refractivity contribution is 5.86. The quantitative estimate of drug-likeness (QED) is 0.624. The number of carboxylic acid groups (broad SMARTS) is 1. The molecule has 1 aromatic carbocycles. The Morgan fingerprint density at radius 1 is 1.38 bits per heavy atom. The minimum atomic E-state index is -0.989. The van der Waals surface area contributed by atoms with Gasteiger partial charge in [-0.25, -0.2) is 4.79 Å². The molecule has 0 aliphatic heterocycles. The molecule has 4 nitrogen and oxygen atoms in total. The molecule has 16 heavy (non-hydrogen) atoms. The van der Waals surface area contributed by atoms with E-state index in [1.165, 1.54) is 0 Å². The highest BCUT2D eigenvalue weighted by Crippen LogP contribution is 2.04. The number of rotatable bonds is 6. The molecule has 0 amide bonds. The van der Waals surface area contributed by atoms with Crippen molar-refractivity contribution in [2.75, 3.05) is 6.54 Å². The van der Waals surface area contributed by atoms with Crippen molar-refractivity contribution in [2.24, 2.45) is 0 Å². The summed E-state index contributed by atoms with van der Waals surface area (Å²) in [6.07, 6.45) is 0. The number of hydrogen-bond acceptors (Lipinski definition) is 3. The third kappa shape index (κ3) is 3.84. The molecule has 0 atom stereocenters. The second-order valence-electron chi connectivity index (χ2n) is 3.49. The van der Waals surface area contributed by atoms with E-state index < -0.39 is 5.97 Å². The number of aliphatic carboxylic acids is 1. The van der Waals surface area contributed by atoms with Gasteiger partial charge < -0.3 is 15.5 Å². The predicted molar refractivity (Wildman–Crippen MR) is 60.8 cm³/mol. The van der Waals surface area contributed by atoms with Crippen molar-refractivity contribution in [3.63, 3.8) is 0 Å². The van der Waals surface area contributed by atoms with E-state index in [4.69, 9.17) is 10.2 Å². The van der Waals surface area contributed by atoms with Gasteiger partial charge in [-0.1, -0.05) is 30.8 Å². The molecule has 0 unspecified atom stereocenters. The molecule has 0 radical (unpaired) electrons. The Hall–Kier alpha value is -1.65. The van der Waals surface area contributed by atoms with Gasteiger partial charge >= 0.3 is 5.97 Å². The van der Waals surface area contributed by atoms with E-state index in [0.717, 1.165) is 11.1 Å². The number of benzene rings is 1. The summed E-state index contributed by atoms with van der Waals surface area (Å²) in [6, 6.07) is 7.47. The molecule has 0 saturated heterocycles. The number of aliphatic hydroxyl groups is 1. The van der Waals surface area contributed by atoms with E-state index in [-0.39, 0.29) is 18.7 Å². The van der Waals surface area contributed by atoms with E-state index >= 15 is 0 Å². The van der Waals surface area contributed by atoms with Gasteiger partial charge in [-0.05, 0) is 11.1 Å². The number of hydrogen-bond donors (Lipinski definition) is 3. The zero-order chi connectivity index (χ0) is 12.0. The molecule has 3 N–H and O–H groups in total. The molecule has 4 heteroatoms. The van der Waals surface area contributed by atoms with Crippen LogP contribution in [0.15, 0.2) is 36.4 Å². The zero-order valence-electron chi connectivity index (χ0n) is 8.94. The van der Waals surface area contributed by atoms with E-state index in [0.29, 0.717) is 6.54 Å². The van der Waals surface area contributed by atoms with Crippen LogP contribution in [0.25, 0.3) is 0 Å². The van der Waals surface area contributed by atoms with E-state index in [2.05, 4.69) is 11.9 Å². The van der Waals surface area contributed by atoms with Crippen molar-refractivity contribution >= 4 is 5.97 Å². The van der Waals surface area contributed by atoms with Crippen molar-refractivity contribution < 1.29 is 15.0 Å². The standard InChI is InChI=1S/C12H15NO3/c1-9(12(15)16)6-13-7-10-3-2-4-11(5-10)8-14/h2-5,13-14H,1,6-8H2,(H,15,16). The minimum absolute atomic E-state index is 0.00960. The maximum Gasteiger partial charge on any atom is 0.332 e. The molecule has 0 aliphatic rings. The van der Waals surface area contributed by atoms with Crippen molar-refractivity contribution in [3.05, 3.63) is 47.5 Å². The van der Waals surface area contributed by atoms with Crippen molar-refractivity contribution in [1.82, 2.24) is 5.32 Å². The van der Waals surface area contributed by atoms with Gasteiger partial charge in [0, 0.05) is 18.7 Å². The van der Waals surface area contributed by atoms with Crippen LogP contribution in [-0.4, -0.2) is 22.7 Å². The largest absolute Gasteiger partial charge is 0.478 e. The smallest absolute Gasteiger partial charge is 0.332 e. The van der Waals surface area contributed by atoms with Crippen LogP contribution >= 0.6 is 0 Å². The molecule has 1 rings (SSSR count). The Bertz CT molecular complexity index is 388. The van der Waals surface area contributed by atoms with Gasteiger partial charge in [0.1, 0.15) is 0 Å². The summed E-state index contributed by atoms with van der Waals surface area (Å²) < 4.78 is 0. The van der Waals surface area contributed by atoms with Gasteiger partial charge in [0.15, 0.2) is 0 Å². The molecule has 1 aromatic rings. The summed E-state index contributed by atoms with van der Waals surface area (Å²) in [5.74, 6) is -0.989. The summed E-state index contributed by atoms with van der Waals surface area (Å²) in [5.41, 5.74) is 1.99. The monoisotopic (exact) mass is 221 g/mol. The van der Waals surface area contributed by atoms with Gasteiger partial charge in [0.2, 0.25) is 0 Å². The first-order valence-corrected chi connectivity index (χ1v) is 4.94. The Kier molecular flexibility index (Phi) is 4.69. The maximum absolute atomic E-state index is 10.5. The highest BCUT2D eigenvalue weighted by Gasteiger charge is 2.02. The number of nitrogens with one attached hydrogen (secondary N) is 1. The van der Waals surface area contributed by atoms with Gasteiger partial charge in [0.05, 0.1) is 6.61 Å². The van der Waals surface area contributed by atoms with Crippen molar-refractivity contribution in [1.29, 1.82) is 0 Å². The van der Waals surface area contributed by atoms with E-state index in [1.807, 2.05) is 24.3 Å².